The van der Waals surface area contributed by atoms with E-state index in [1.54, 1.807) is 19.8 Å². The van der Waals surface area contributed by atoms with Crippen molar-refractivity contribution in [3.05, 3.63) is 29.3 Å². The van der Waals surface area contributed by atoms with Gasteiger partial charge in [-0.1, -0.05) is 11.6 Å². The second-order valence-electron chi connectivity index (χ2n) is 9.52. The Hall–Kier alpha value is -2.05. The van der Waals surface area contributed by atoms with Crippen molar-refractivity contribution in [1.82, 2.24) is 4.90 Å². The topological polar surface area (TPSA) is 51.2 Å². The van der Waals surface area contributed by atoms with Crippen LogP contribution in [0.3, 0.4) is 0 Å². The van der Waals surface area contributed by atoms with Crippen LogP contribution >= 0.6 is 0 Å². The Balaban J connectivity index is 1.53. The number of hydrogen-bond donors (Lipinski definition) is 0. The lowest BCUT2D eigenvalue weighted by Crippen LogP contribution is -2.58. The molecule has 1 amide bonds. The maximum Gasteiger partial charge on any atom is 0.229 e. The minimum absolute atomic E-state index is 0.00470. The molecule has 0 aromatic heterocycles. The lowest BCUT2D eigenvalue weighted by atomic mass is 9.63. The molecule has 1 saturated carbocycles. The van der Waals surface area contributed by atoms with Gasteiger partial charge in [-0.2, -0.15) is 0 Å². The number of nitrogens with zero attached hydrogens (tertiary/aromatic N) is 2. The van der Waals surface area contributed by atoms with Crippen LogP contribution in [0.25, 0.3) is 0 Å². The average molecular weight is 394 g/mol. The molecule has 1 aromatic carbocycles. The molecule has 7 rings (SSSR count). The molecule has 5 heterocycles. The molecule has 3 saturated heterocycles. The minimum Gasteiger partial charge on any atom is -0.493 e. The molecule has 1 unspecified atom stereocenters. The summed E-state index contributed by atoms with van der Waals surface area (Å²) in [6.45, 7) is 3.93. The van der Waals surface area contributed by atoms with E-state index in [1.165, 1.54) is 5.56 Å². The summed E-state index contributed by atoms with van der Waals surface area (Å²) in [7, 11) is 3.36. The van der Waals surface area contributed by atoms with Crippen molar-refractivity contribution in [3.63, 3.8) is 0 Å². The number of ether oxygens (including phenoxy) is 3. The average Bonchev–Trinajstić information content (AvgIpc) is 3.12. The van der Waals surface area contributed by atoms with E-state index in [9.17, 15) is 4.79 Å². The Morgan fingerprint density at radius 3 is 2.86 bits per heavy atom. The van der Waals surface area contributed by atoms with Gasteiger partial charge in [0.1, 0.15) is 0 Å². The second kappa shape index (κ2) is 5.35. The van der Waals surface area contributed by atoms with Gasteiger partial charge in [-0.05, 0) is 36.4 Å². The van der Waals surface area contributed by atoms with Gasteiger partial charge >= 0.3 is 0 Å². The van der Waals surface area contributed by atoms with Crippen LogP contribution in [0.5, 0.6) is 11.5 Å². The van der Waals surface area contributed by atoms with Crippen molar-refractivity contribution >= 4 is 11.6 Å². The third-order valence-corrected chi connectivity index (χ3v) is 8.80. The Bertz CT molecular complexity index is 974. The highest BCUT2D eigenvalue weighted by Crippen LogP contribution is 2.69. The minimum atomic E-state index is -0.00470. The fraction of sp³-hybridized carbons (Fsp3) is 0.609. The Kier molecular flexibility index (Phi) is 3.08. The van der Waals surface area contributed by atoms with Gasteiger partial charge in [0.15, 0.2) is 11.5 Å². The first-order valence-corrected chi connectivity index (χ1v) is 10.8. The van der Waals surface area contributed by atoms with E-state index in [0.29, 0.717) is 36.5 Å². The summed E-state index contributed by atoms with van der Waals surface area (Å²) in [5.74, 6) is 3.11. The molecule has 6 aliphatic rings. The molecule has 1 aromatic rings. The second-order valence-corrected chi connectivity index (χ2v) is 9.52. The Labute approximate surface area is 170 Å². The van der Waals surface area contributed by atoms with E-state index in [1.807, 2.05) is 6.07 Å². The molecule has 0 N–H and O–H groups in total. The van der Waals surface area contributed by atoms with E-state index in [2.05, 4.69) is 21.9 Å². The highest BCUT2D eigenvalue weighted by atomic mass is 16.5. The first kappa shape index (κ1) is 16.7. The summed E-state index contributed by atoms with van der Waals surface area (Å²) in [5.41, 5.74) is 3.89. The highest BCUT2D eigenvalue weighted by molar-refractivity contribution is 6.00. The summed E-state index contributed by atoms with van der Waals surface area (Å²) in [4.78, 5) is 18.2. The molecular weight excluding hydrogens is 368 g/mol. The van der Waals surface area contributed by atoms with Crippen molar-refractivity contribution < 1.29 is 19.0 Å². The standard InChI is InChI=1S/C23H26N2O4/c1-27-16-7-13-15(8-17(16)28-2)25-19(26)9-18-21-20-12(3-6-29-18)10-24-5-4-23(13,22(21)25)14(20)11-24/h3,7-8,14,18,20-22H,4-6,9-11H2,1-2H3/t14-,18-,20-,21+,22-,23-/m1/s1. The van der Waals surface area contributed by atoms with Crippen molar-refractivity contribution in [2.75, 3.05) is 45.4 Å². The Morgan fingerprint density at radius 1 is 1.21 bits per heavy atom. The fourth-order valence-corrected chi connectivity index (χ4v) is 7.95. The maximum absolute atomic E-state index is 13.4. The quantitative estimate of drug-likeness (QED) is 0.718. The summed E-state index contributed by atoms with van der Waals surface area (Å²) in [6.07, 6.45) is 3.95. The van der Waals surface area contributed by atoms with Crippen molar-refractivity contribution in [3.8, 4) is 11.5 Å². The number of carbonyl (C=O) groups excluding carboxylic acids is 1. The predicted molar refractivity (Wildman–Crippen MR) is 106 cm³/mol. The van der Waals surface area contributed by atoms with Crippen LogP contribution < -0.4 is 14.4 Å². The number of hydrogen-bond acceptors (Lipinski definition) is 5. The van der Waals surface area contributed by atoms with Gasteiger partial charge in [0, 0.05) is 30.5 Å². The third-order valence-electron chi connectivity index (χ3n) is 8.80. The Morgan fingerprint density at radius 2 is 2.03 bits per heavy atom. The van der Waals surface area contributed by atoms with E-state index >= 15 is 0 Å². The molecule has 29 heavy (non-hydrogen) atoms. The predicted octanol–water partition coefficient (Wildman–Crippen LogP) is 1.97. The van der Waals surface area contributed by atoms with Crippen LogP contribution in [-0.4, -0.2) is 63.4 Å². The van der Waals surface area contributed by atoms with Crippen molar-refractivity contribution in [2.45, 2.75) is 30.4 Å². The van der Waals surface area contributed by atoms with Crippen LogP contribution in [-0.2, 0) is 14.9 Å². The van der Waals surface area contributed by atoms with E-state index in [-0.39, 0.29) is 23.5 Å². The third kappa shape index (κ3) is 1.76. The zero-order valence-corrected chi connectivity index (χ0v) is 16.9. The van der Waals surface area contributed by atoms with Gasteiger partial charge in [-0.25, -0.2) is 0 Å². The maximum atomic E-state index is 13.4. The van der Waals surface area contributed by atoms with Gasteiger partial charge in [0.25, 0.3) is 0 Å². The van der Waals surface area contributed by atoms with Crippen LogP contribution in [0.15, 0.2) is 23.8 Å². The highest BCUT2D eigenvalue weighted by Gasteiger charge is 2.73. The van der Waals surface area contributed by atoms with Gasteiger partial charge in [0.2, 0.25) is 5.91 Å². The van der Waals surface area contributed by atoms with Gasteiger partial charge in [-0.3, -0.25) is 9.69 Å². The first-order valence-electron chi connectivity index (χ1n) is 10.8. The molecule has 0 radical (unpaired) electrons. The molecule has 2 bridgehead atoms. The molecule has 152 valence electrons. The monoisotopic (exact) mass is 394 g/mol. The number of rotatable bonds is 2. The smallest absolute Gasteiger partial charge is 0.229 e. The number of methoxy groups -OCH3 is 2. The van der Waals surface area contributed by atoms with Crippen molar-refractivity contribution in [1.29, 1.82) is 0 Å². The molecule has 1 aliphatic carbocycles. The SMILES string of the molecule is COc1cc2c(cc1OC)[C@@]13CCN4CC5=CCO[C@@H]6CC(=O)N2[C@@H]1[C@@H]6[C@H]5[C@H]3C4. The van der Waals surface area contributed by atoms with Crippen LogP contribution in [0.2, 0.25) is 0 Å². The lowest BCUT2D eigenvalue weighted by molar-refractivity contribution is -0.127. The normalized spacial score (nSPS) is 42.9. The summed E-state index contributed by atoms with van der Waals surface area (Å²) in [5, 5.41) is 0. The van der Waals surface area contributed by atoms with E-state index < -0.39 is 0 Å². The fourth-order valence-electron chi connectivity index (χ4n) is 7.95. The van der Waals surface area contributed by atoms with Crippen LogP contribution in [0.1, 0.15) is 18.4 Å². The molecule has 1 spiro atoms. The summed E-state index contributed by atoms with van der Waals surface area (Å²) >= 11 is 0. The van der Waals surface area contributed by atoms with Gasteiger partial charge in [0.05, 0.1) is 45.1 Å². The number of anilines is 1. The van der Waals surface area contributed by atoms with Crippen molar-refractivity contribution in [2.24, 2.45) is 17.8 Å². The molecule has 4 fully saturated rings. The number of carbonyl (C=O) groups is 1. The first-order chi connectivity index (χ1) is 14.2. The van der Waals surface area contributed by atoms with Gasteiger partial charge in [-0.15, -0.1) is 0 Å². The van der Waals surface area contributed by atoms with Crippen LogP contribution in [0, 0.1) is 17.8 Å². The number of piperidine rings is 3. The lowest BCUT2D eigenvalue weighted by Gasteiger charge is -2.50. The summed E-state index contributed by atoms with van der Waals surface area (Å²) < 4.78 is 17.6. The molecule has 7 atom stereocenters. The summed E-state index contributed by atoms with van der Waals surface area (Å²) in [6, 6.07) is 4.41. The van der Waals surface area contributed by atoms with Crippen LogP contribution in [0.4, 0.5) is 5.69 Å². The molecule has 6 nitrogen and oxygen atoms in total. The van der Waals surface area contributed by atoms with Gasteiger partial charge < -0.3 is 19.1 Å². The number of benzene rings is 1. The molecule has 5 aliphatic heterocycles. The molecule has 6 heteroatoms. The number of fused-ring (bicyclic) bond motifs is 3. The van der Waals surface area contributed by atoms with E-state index in [0.717, 1.165) is 37.5 Å². The molecular formula is C23H26N2O4. The zero-order valence-electron chi connectivity index (χ0n) is 16.9. The zero-order chi connectivity index (χ0) is 19.5. The number of amides is 1. The largest absolute Gasteiger partial charge is 0.493 e. The van der Waals surface area contributed by atoms with E-state index in [4.69, 9.17) is 14.2 Å².